The van der Waals surface area contributed by atoms with Gasteiger partial charge in [-0.2, -0.15) is 4.98 Å². The third kappa shape index (κ3) is 2.35. The third-order valence-corrected chi connectivity index (χ3v) is 3.19. The van der Waals surface area contributed by atoms with Gasteiger partial charge in [0.05, 0.1) is 6.61 Å². The van der Waals surface area contributed by atoms with Gasteiger partial charge in [0.25, 0.3) is 11.6 Å². The van der Waals surface area contributed by atoms with Crippen LogP contribution in [0, 0.1) is 10.1 Å². The summed E-state index contributed by atoms with van der Waals surface area (Å²) in [5, 5.41) is 18.6. The first-order chi connectivity index (χ1) is 10.5. The standard InChI is InChI=1S/C11H15N5O6/c1-3-13-8-7(9(18)14(4-2)11(13)19)15(5-6-17)10(12-8)22-16(20)21/h17H,3-6H2,1-2H3. The minimum absolute atomic E-state index is 0.00694. The SMILES string of the molecule is CCn1c(=O)c2c(nc(O[N+](=O)[O-])n2CCO)n(CC)c1=O. The maximum Gasteiger partial charge on any atom is 0.332 e. The average molecular weight is 313 g/mol. The highest BCUT2D eigenvalue weighted by atomic mass is 17.0. The molecular weight excluding hydrogens is 298 g/mol. The molecule has 1 N–H and O–H groups in total. The molecule has 120 valence electrons. The van der Waals surface area contributed by atoms with E-state index < -0.39 is 22.3 Å². The Morgan fingerprint density at radius 3 is 2.36 bits per heavy atom. The van der Waals surface area contributed by atoms with Gasteiger partial charge in [-0.1, -0.05) is 0 Å². The molecule has 0 fully saturated rings. The lowest BCUT2D eigenvalue weighted by Gasteiger charge is -2.09. The fourth-order valence-electron chi connectivity index (χ4n) is 2.28. The van der Waals surface area contributed by atoms with Gasteiger partial charge in [-0.3, -0.25) is 18.5 Å². The number of nitrogens with zero attached hydrogens (tertiary/aromatic N) is 5. The lowest BCUT2D eigenvalue weighted by Crippen LogP contribution is -2.40. The number of fused-ring (bicyclic) bond motifs is 1. The van der Waals surface area contributed by atoms with Crippen molar-refractivity contribution in [1.82, 2.24) is 18.7 Å². The molecule has 2 rings (SSSR count). The zero-order valence-corrected chi connectivity index (χ0v) is 12.1. The summed E-state index contributed by atoms with van der Waals surface area (Å²) >= 11 is 0. The molecule has 22 heavy (non-hydrogen) atoms. The highest BCUT2D eigenvalue weighted by Crippen LogP contribution is 2.18. The predicted octanol–water partition coefficient (Wildman–Crippen LogP) is -1.04. The van der Waals surface area contributed by atoms with E-state index in [1.807, 2.05) is 0 Å². The highest BCUT2D eigenvalue weighted by Gasteiger charge is 2.22. The van der Waals surface area contributed by atoms with E-state index in [2.05, 4.69) is 9.82 Å². The quantitative estimate of drug-likeness (QED) is 0.531. The van der Waals surface area contributed by atoms with Crippen LogP contribution in [0.4, 0.5) is 0 Å². The average Bonchev–Trinajstić information content (AvgIpc) is 2.78. The fourth-order valence-corrected chi connectivity index (χ4v) is 2.28. The van der Waals surface area contributed by atoms with Crippen LogP contribution < -0.4 is 16.1 Å². The van der Waals surface area contributed by atoms with E-state index >= 15 is 0 Å². The first-order valence-corrected chi connectivity index (χ1v) is 6.63. The Morgan fingerprint density at radius 2 is 1.86 bits per heavy atom. The van der Waals surface area contributed by atoms with Crippen LogP contribution in [-0.4, -0.2) is 35.5 Å². The molecule has 0 amide bonds. The smallest absolute Gasteiger partial charge is 0.332 e. The molecule has 11 nitrogen and oxygen atoms in total. The summed E-state index contributed by atoms with van der Waals surface area (Å²) in [6.45, 7) is 3.18. The lowest BCUT2D eigenvalue weighted by molar-refractivity contribution is -0.713. The summed E-state index contributed by atoms with van der Waals surface area (Å²) in [6.07, 6.45) is 0. The molecule has 0 bridgehead atoms. The number of aromatic nitrogens is 4. The Bertz CT molecular complexity index is 832. The van der Waals surface area contributed by atoms with E-state index in [0.717, 1.165) is 9.13 Å². The first kappa shape index (κ1) is 15.7. The van der Waals surface area contributed by atoms with Gasteiger partial charge in [0.1, 0.15) is 0 Å². The number of hydrogen-bond donors (Lipinski definition) is 1. The van der Waals surface area contributed by atoms with Crippen molar-refractivity contribution in [3.8, 4) is 6.01 Å². The van der Waals surface area contributed by atoms with Gasteiger partial charge in [0.15, 0.2) is 11.2 Å². The predicted molar refractivity (Wildman–Crippen MR) is 74.3 cm³/mol. The van der Waals surface area contributed by atoms with Gasteiger partial charge >= 0.3 is 10.8 Å². The summed E-state index contributed by atoms with van der Waals surface area (Å²) in [5.41, 5.74) is -1.21. The normalized spacial score (nSPS) is 11.0. The van der Waals surface area contributed by atoms with Crippen LogP contribution in [0.1, 0.15) is 13.8 Å². The molecule has 0 unspecified atom stereocenters. The number of aliphatic hydroxyl groups excluding tert-OH is 1. The molecule has 2 aromatic rings. The van der Waals surface area contributed by atoms with Crippen molar-refractivity contribution in [2.45, 2.75) is 33.5 Å². The molecule has 2 heterocycles. The number of aliphatic hydroxyl groups is 1. The van der Waals surface area contributed by atoms with Crippen molar-refractivity contribution in [2.24, 2.45) is 0 Å². The summed E-state index contributed by atoms with van der Waals surface area (Å²) in [7, 11) is 0. The van der Waals surface area contributed by atoms with Gasteiger partial charge < -0.3 is 5.11 Å². The van der Waals surface area contributed by atoms with Crippen molar-refractivity contribution in [1.29, 1.82) is 0 Å². The molecule has 0 saturated carbocycles. The Morgan fingerprint density at radius 1 is 1.23 bits per heavy atom. The molecule has 0 atom stereocenters. The molecular formula is C11H15N5O6. The third-order valence-electron chi connectivity index (χ3n) is 3.19. The van der Waals surface area contributed by atoms with Crippen LogP contribution in [-0.2, 0) is 19.6 Å². The summed E-state index contributed by atoms with van der Waals surface area (Å²) in [4.78, 5) is 43.4. The van der Waals surface area contributed by atoms with Crippen LogP contribution in [0.25, 0.3) is 11.2 Å². The molecule has 0 aliphatic carbocycles. The summed E-state index contributed by atoms with van der Waals surface area (Å²) in [6, 6.07) is -0.457. The minimum atomic E-state index is -1.07. The van der Waals surface area contributed by atoms with Gasteiger partial charge in [0.2, 0.25) is 0 Å². The van der Waals surface area contributed by atoms with Gasteiger partial charge in [-0.05, 0) is 13.8 Å². The van der Waals surface area contributed by atoms with E-state index in [1.54, 1.807) is 13.8 Å². The molecule has 0 aliphatic rings. The van der Waals surface area contributed by atoms with Gasteiger partial charge in [0, 0.05) is 19.6 Å². The second kappa shape index (κ2) is 5.97. The van der Waals surface area contributed by atoms with Gasteiger partial charge in [-0.25, -0.2) is 9.63 Å². The second-order valence-corrected chi connectivity index (χ2v) is 4.33. The second-order valence-electron chi connectivity index (χ2n) is 4.33. The van der Waals surface area contributed by atoms with Crippen LogP contribution in [0.2, 0.25) is 0 Å². The zero-order valence-electron chi connectivity index (χ0n) is 12.1. The molecule has 0 spiro atoms. The van der Waals surface area contributed by atoms with Crippen molar-refractivity contribution in [3.05, 3.63) is 31.0 Å². The van der Waals surface area contributed by atoms with Crippen LogP contribution in [0.5, 0.6) is 6.01 Å². The topological polar surface area (TPSA) is 134 Å². The summed E-state index contributed by atoms with van der Waals surface area (Å²) < 4.78 is 3.32. The maximum absolute atomic E-state index is 12.4. The van der Waals surface area contributed by atoms with E-state index in [1.165, 1.54) is 4.57 Å². The van der Waals surface area contributed by atoms with Crippen LogP contribution >= 0.6 is 0 Å². The monoisotopic (exact) mass is 313 g/mol. The Kier molecular flexibility index (Phi) is 4.26. The number of imidazole rings is 1. The molecule has 0 radical (unpaired) electrons. The van der Waals surface area contributed by atoms with Crippen molar-refractivity contribution in [3.63, 3.8) is 0 Å². The molecule has 11 heteroatoms. The highest BCUT2D eigenvalue weighted by molar-refractivity contribution is 5.72. The zero-order chi connectivity index (χ0) is 16.4. The van der Waals surface area contributed by atoms with Crippen molar-refractivity contribution < 1.29 is 15.0 Å². The van der Waals surface area contributed by atoms with E-state index in [-0.39, 0.29) is 37.4 Å². The molecule has 0 saturated heterocycles. The molecule has 2 aromatic heterocycles. The van der Waals surface area contributed by atoms with Crippen molar-refractivity contribution >= 4 is 11.2 Å². The fraction of sp³-hybridized carbons (Fsp3) is 0.545. The maximum atomic E-state index is 12.4. The van der Waals surface area contributed by atoms with Crippen molar-refractivity contribution in [2.75, 3.05) is 6.61 Å². The first-order valence-electron chi connectivity index (χ1n) is 6.63. The molecule has 0 aliphatic heterocycles. The lowest BCUT2D eigenvalue weighted by atomic mass is 10.4. The number of aryl methyl sites for hydroxylation is 1. The Hall–Kier alpha value is -2.69. The minimum Gasteiger partial charge on any atom is -0.395 e. The van der Waals surface area contributed by atoms with Crippen LogP contribution in [0.3, 0.4) is 0 Å². The largest absolute Gasteiger partial charge is 0.395 e. The van der Waals surface area contributed by atoms with E-state index in [4.69, 9.17) is 5.11 Å². The van der Waals surface area contributed by atoms with Gasteiger partial charge in [-0.15, -0.1) is 10.1 Å². The number of hydrogen-bond acceptors (Lipinski definition) is 7. The van der Waals surface area contributed by atoms with Crippen LogP contribution in [0.15, 0.2) is 9.59 Å². The summed E-state index contributed by atoms with van der Waals surface area (Å²) in [5.74, 6) is 0. The Balaban J connectivity index is 2.95. The Labute approximate surface area is 123 Å². The van der Waals surface area contributed by atoms with E-state index in [9.17, 15) is 19.7 Å². The number of rotatable bonds is 6. The van der Waals surface area contributed by atoms with E-state index in [0.29, 0.717) is 0 Å². The molecule has 0 aromatic carbocycles.